The molecule has 0 saturated carbocycles. The highest BCUT2D eigenvalue weighted by Gasteiger charge is 2.15. The Morgan fingerprint density at radius 1 is 1.19 bits per heavy atom. The molecular formula is C17H16N4O5. The summed E-state index contributed by atoms with van der Waals surface area (Å²) in [5.74, 6) is -1.47. The van der Waals surface area contributed by atoms with Crippen molar-refractivity contribution in [1.29, 1.82) is 0 Å². The van der Waals surface area contributed by atoms with Crippen LogP contribution in [0.5, 0.6) is 5.75 Å². The zero-order valence-corrected chi connectivity index (χ0v) is 13.8. The summed E-state index contributed by atoms with van der Waals surface area (Å²) >= 11 is 0. The van der Waals surface area contributed by atoms with E-state index in [4.69, 9.17) is 4.74 Å². The minimum atomic E-state index is -0.988. The molecule has 0 radical (unpaired) electrons. The molecule has 9 heteroatoms. The van der Waals surface area contributed by atoms with E-state index in [1.165, 1.54) is 24.4 Å². The average Bonchev–Trinajstić information content (AvgIpc) is 2.63. The maximum absolute atomic E-state index is 11.9. The number of hydrogen-bond acceptors (Lipinski definition) is 6. The van der Waals surface area contributed by atoms with Crippen LogP contribution < -0.4 is 15.5 Å². The molecule has 2 rings (SSSR count). The number of benzene rings is 2. The van der Waals surface area contributed by atoms with Crippen LogP contribution in [0.25, 0.3) is 0 Å². The lowest BCUT2D eigenvalue weighted by atomic mass is 10.2. The number of hydrazone groups is 1. The molecule has 0 spiro atoms. The third-order valence-corrected chi connectivity index (χ3v) is 3.10. The Morgan fingerprint density at radius 3 is 2.69 bits per heavy atom. The zero-order valence-electron chi connectivity index (χ0n) is 13.8. The molecular weight excluding hydrogens is 340 g/mol. The third kappa shape index (κ3) is 5.13. The van der Waals surface area contributed by atoms with Gasteiger partial charge in [0, 0.05) is 17.7 Å². The van der Waals surface area contributed by atoms with Crippen molar-refractivity contribution in [2.45, 2.75) is 6.92 Å². The molecule has 0 bridgehead atoms. The van der Waals surface area contributed by atoms with Gasteiger partial charge in [0.2, 0.25) is 0 Å². The number of nitro benzene ring substituents is 1. The van der Waals surface area contributed by atoms with Crippen LogP contribution in [0.1, 0.15) is 12.5 Å². The minimum Gasteiger partial charge on any atom is -0.492 e. The van der Waals surface area contributed by atoms with Gasteiger partial charge in [-0.3, -0.25) is 19.7 Å². The number of anilines is 1. The summed E-state index contributed by atoms with van der Waals surface area (Å²) < 4.78 is 5.36. The summed E-state index contributed by atoms with van der Waals surface area (Å²) in [7, 11) is 0. The summed E-state index contributed by atoms with van der Waals surface area (Å²) in [4.78, 5) is 33.9. The number of amides is 2. The van der Waals surface area contributed by atoms with Crippen molar-refractivity contribution in [3.05, 3.63) is 64.2 Å². The van der Waals surface area contributed by atoms with E-state index in [1.807, 2.05) is 0 Å². The molecule has 134 valence electrons. The first kappa shape index (κ1) is 18.6. The smallest absolute Gasteiger partial charge is 0.329 e. The SMILES string of the molecule is CCOc1ccccc1NC(=O)C(=O)NN=Cc1cccc([N+](=O)[O-])c1. The van der Waals surface area contributed by atoms with Gasteiger partial charge >= 0.3 is 11.8 Å². The van der Waals surface area contributed by atoms with Crippen molar-refractivity contribution in [2.75, 3.05) is 11.9 Å². The largest absolute Gasteiger partial charge is 0.492 e. The van der Waals surface area contributed by atoms with Crippen molar-refractivity contribution >= 4 is 29.4 Å². The van der Waals surface area contributed by atoms with E-state index >= 15 is 0 Å². The molecule has 0 atom stereocenters. The number of nitrogens with one attached hydrogen (secondary N) is 2. The van der Waals surface area contributed by atoms with Gasteiger partial charge in [-0.15, -0.1) is 0 Å². The molecule has 0 unspecified atom stereocenters. The molecule has 9 nitrogen and oxygen atoms in total. The maximum atomic E-state index is 11.9. The van der Waals surface area contributed by atoms with Gasteiger partial charge in [-0.05, 0) is 19.1 Å². The molecule has 0 fully saturated rings. The topological polar surface area (TPSA) is 123 Å². The Morgan fingerprint density at radius 2 is 1.96 bits per heavy atom. The number of ether oxygens (including phenoxy) is 1. The fraction of sp³-hybridized carbons (Fsp3) is 0.118. The number of nitro groups is 1. The van der Waals surface area contributed by atoms with Crippen LogP contribution in [-0.4, -0.2) is 29.6 Å². The van der Waals surface area contributed by atoms with Gasteiger partial charge in [-0.2, -0.15) is 5.10 Å². The van der Waals surface area contributed by atoms with Gasteiger partial charge < -0.3 is 10.1 Å². The zero-order chi connectivity index (χ0) is 18.9. The van der Waals surface area contributed by atoms with E-state index < -0.39 is 16.7 Å². The molecule has 0 saturated heterocycles. The molecule has 2 N–H and O–H groups in total. The van der Waals surface area contributed by atoms with E-state index in [-0.39, 0.29) is 5.69 Å². The minimum absolute atomic E-state index is 0.106. The third-order valence-electron chi connectivity index (χ3n) is 3.10. The highest BCUT2D eigenvalue weighted by atomic mass is 16.6. The van der Waals surface area contributed by atoms with Crippen molar-refractivity contribution < 1.29 is 19.2 Å². The molecule has 2 aromatic rings. The number of non-ortho nitro benzene ring substituents is 1. The molecule has 26 heavy (non-hydrogen) atoms. The number of carbonyl (C=O) groups is 2. The maximum Gasteiger partial charge on any atom is 0.329 e. The Bertz CT molecular complexity index is 851. The van der Waals surface area contributed by atoms with Gasteiger partial charge in [-0.1, -0.05) is 24.3 Å². The van der Waals surface area contributed by atoms with Gasteiger partial charge in [-0.25, -0.2) is 5.43 Å². The van der Waals surface area contributed by atoms with Crippen LogP contribution in [0.2, 0.25) is 0 Å². The fourth-order valence-corrected chi connectivity index (χ4v) is 1.97. The first-order valence-corrected chi connectivity index (χ1v) is 7.62. The van der Waals surface area contributed by atoms with Crippen LogP contribution in [0.4, 0.5) is 11.4 Å². The lowest BCUT2D eigenvalue weighted by Gasteiger charge is -2.10. The predicted octanol–water partition coefficient (Wildman–Crippen LogP) is 2.08. The number of carbonyl (C=O) groups excluding carboxylic acids is 2. The summed E-state index contributed by atoms with van der Waals surface area (Å²) in [6.45, 7) is 2.21. The molecule has 0 aromatic heterocycles. The monoisotopic (exact) mass is 356 g/mol. The van der Waals surface area contributed by atoms with Crippen LogP contribution in [0.15, 0.2) is 53.6 Å². The Balaban J connectivity index is 1.96. The first-order chi connectivity index (χ1) is 12.5. The van der Waals surface area contributed by atoms with E-state index in [9.17, 15) is 19.7 Å². The molecule has 0 aliphatic heterocycles. The normalized spacial score (nSPS) is 10.3. The van der Waals surface area contributed by atoms with E-state index in [2.05, 4.69) is 15.8 Å². The number of hydrogen-bond donors (Lipinski definition) is 2. The van der Waals surface area contributed by atoms with E-state index in [0.717, 1.165) is 0 Å². The second-order valence-electron chi connectivity index (χ2n) is 4.93. The predicted molar refractivity (Wildman–Crippen MR) is 95.1 cm³/mol. The molecule has 0 heterocycles. The van der Waals surface area contributed by atoms with Crippen molar-refractivity contribution in [2.24, 2.45) is 5.10 Å². The average molecular weight is 356 g/mol. The fourth-order valence-electron chi connectivity index (χ4n) is 1.97. The summed E-state index contributed by atoms with van der Waals surface area (Å²) in [6.07, 6.45) is 1.20. The van der Waals surface area contributed by atoms with Crippen molar-refractivity contribution in [3.8, 4) is 5.75 Å². The lowest BCUT2D eigenvalue weighted by molar-refractivity contribution is -0.384. The molecule has 0 aliphatic carbocycles. The highest BCUT2D eigenvalue weighted by molar-refractivity contribution is 6.39. The standard InChI is InChI=1S/C17H16N4O5/c1-2-26-15-9-4-3-8-14(15)19-16(22)17(23)20-18-11-12-6-5-7-13(10-12)21(24)25/h3-11H,2H2,1H3,(H,19,22)(H,20,23). The van der Waals surface area contributed by atoms with Gasteiger partial charge in [0.1, 0.15) is 5.75 Å². The second kappa shape index (κ2) is 8.92. The number of nitrogens with zero attached hydrogens (tertiary/aromatic N) is 2. The van der Waals surface area contributed by atoms with E-state index in [1.54, 1.807) is 37.3 Å². The van der Waals surface area contributed by atoms with Crippen LogP contribution in [0, 0.1) is 10.1 Å². The second-order valence-corrected chi connectivity index (χ2v) is 4.93. The first-order valence-electron chi connectivity index (χ1n) is 7.62. The highest BCUT2D eigenvalue weighted by Crippen LogP contribution is 2.23. The van der Waals surface area contributed by atoms with Crippen molar-refractivity contribution in [1.82, 2.24) is 5.43 Å². The Kier molecular flexibility index (Phi) is 6.38. The quantitative estimate of drug-likeness (QED) is 0.355. The summed E-state index contributed by atoms with van der Waals surface area (Å²) in [5.41, 5.74) is 2.72. The van der Waals surface area contributed by atoms with Crippen LogP contribution in [0.3, 0.4) is 0 Å². The summed E-state index contributed by atoms with van der Waals surface area (Å²) in [6, 6.07) is 12.4. The van der Waals surface area contributed by atoms with Gasteiger partial charge in [0.15, 0.2) is 0 Å². The molecule has 0 aliphatic rings. The molecule has 2 amide bonds. The Hall–Kier alpha value is -3.75. The lowest BCUT2D eigenvalue weighted by Crippen LogP contribution is -2.32. The van der Waals surface area contributed by atoms with Crippen molar-refractivity contribution in [3.63, 3.8) is 0 Å². The van der Waals surface area contributed by atoms with Crippen LogP contribution in [-0.2, 0) is 9.59 Å². The van der Waals surface area contributed by atoms with E-state index in [0.29, 0.717) is 23.6 Å². The summed E-state index contributed by atoms with van der Waals surface area (Å²) in [5, 5.41) is 16.8. The van der Waals surface area contributed by atoms with Crippen LogP contribution >= 0.6 is 0 Å². The van der Waals surface area contributed by atoms with Gasteiger partial charge in [0.25, 0.3) is 5.69 Å². The Labute approximate surface area is 148 Å². The molecule has 2 aromatic carbocycles. The number of rotatable bonds is 6. The van der Waals surface area contributed by atoms with Gasteiger partial charge in [0.05, 0.1) is 23.4 Å². The number of para-hydroxylation sites is 2.